The maximum absolute atomic E-state index is 12.1. The fourth-order valence-electron chi connectivity index (χ4n) is 1.72. The van der Waals surface area contributed by atoms with Gasteiger partial charge < -0.3 is 10.6 Å². The van der Waals surface area contributed by atoms with Crippen molar-refractivity contribution in [2.75, 3.05) is 19.6 Å². The van der Waals surface area contributed by atoms with E-state index in [-0.39, 0.29) is 35.4 Å². The van der Waals surface area contributed by atoms with Gasteiger partial charge in [-0.15, -0.1) is 6.58 Å². The SMILES string of the molecule is C=CCNS(=O)(=O)c1cccc(C(=O)NCCNC(=O)C(C)C)c1. The summed E-state index contributed by atoms with van der Waals surface area (Å²) >= 11 is 0. The average Bonchev–Trinajstić information content (AvgIpc) is 2.56. The molecule has 0 aliphatic rings. The van der Waals surface area contributed by atoms with Gasteiger partial charge in [-0.3, -0.25) is 9.59 Å². The van der Waals surface area contributed by atoms with Crippen molar-refractivity contribution < 1.29 is 18.0 Å². The summed E-state index contributed by atoms with van der Waals surface area (Å²) in [7, 11) is -3.68. The molecule has 0 saturated heterocycles. The van der Waals surface area contributed by atoms with Crippen molar-refractivity contribution in [3.05, 3.63) is 42.5 Å². The summed E-state index contributed by atoms with van der Waals surface area (Å²) in [5.41, 5.74) is 0.228. The van der Waals surface area contributed by atoms with Crippen LogP contribution in [0.3, 0.4) is 0 Å². The van der Waals surface area contributed by atoms with Crippen LogP contribution >= 0.6 is 0 Å². The molecule has 0 aliphatic carbocycles. The van der Waals surface area contributed by atoms with Crippen LogP contribution in [0.15, 0.2) is 41.8 Å². The van der Waals surface area contributed by atoms with E-state index in [0.29, 0.717) is 6.54 Å². The summed E-state index contributed by atoms with van der Waals surface area (Å²) in [6, 6.07) is 5.73. The third-order valence-corrected chi connectivity index (χ3v) is 4.48. The van der Waals surface area contributed by atoms with Crippen LogP contribution in [0.2, 0.25) is 0 Å². The van der Waals surface area contributed by atoms with E-state index in [1.807, 2.05) is 0 Å². The normalized spacial score (nSPS) is 11.1. The number of carbonyl (C=O) groups is 2. The third kappa shape index (κ3) is 6.13. The molecule has 24 heavy (non-hydrogen) atoms. The Kier molecular flexibility index (Phi) is 7.60. The van der Waals surface area contributed by atoms with Crippen molar-refractivity contribution in [1.82, 2.24) is 15.4 Å². The first-order chi connectivity index (χ1) is 11.3. The Labute approximate surface area is 142 Å². The van der Waals surface area contributed by atoms with Crippen LogP contribution in [0.1, 0.15) is 24.2 Å². The zero-order chi connectivity index (χ0) is 18.2. The fourth-order valence-corrected chi connectivity index (χ4v) is 2.77. The third-order valence-electron chi connectivity index (χ3n) is 3.06. The van der Waals surface area contributed by atoms with Crippen LogP contribution in [-0.4, -0.2) is 39.9 Å². The van der Waals surface area contributed by atoms with Crippen molar-refractivity contribution in [1.29, 1.82) is 0 Å². The molecule has 0 aliphatic heterocycles. The van der Waals surface area contributed by atoms with Crippen LogP contribution in [0, 0.1) is 5.92 Å². The summed E-state index contributed by atoms with van der Waals surface area (Å²) in [6.07, 6.45) is 1.43. The summed E-state index contributed by atoms with van der Waals surface area (Å²) in [5, 5.41) is 5.31. The molecule has 0 atom stereocenters. The number of amides is 2. The zero-order valence-electron chi connectivity index (χ0n) is 13.8. The number of hydrogen-bond donors (Lipinski definition) is 3. The first-order valence-electron chi connectivity index (χ1n) is 7.54. The van der Waals surface area contributed by atoms with E-state index < -0.39 is 15.9 Å². The minimum Gasteiger partial charge on any atom is -0.354 e. The van der Waals surface area contributed by atoms with E-state index in [9.17, 15) is 18.0 Å². The molecule has 0 saturated carbocycles. The lowest BCUT2D eigenvalue weighted by Gasteiger charge is -2.10. The van der Waals surface area contributed by atoms with E-state index in [1.165, 1.54) is 30.3 Å². The highest BCUT2D eigenvalue weighted by Crippen LogP contribution is 2.11. The molecule has 3 N–H and O–H groups in total. The zero-order valence-corrected chi connectivity index (χ0v) is 14.7. The molecule has 0 unspecified atom stereocenters. The van der Waals surface area contributed by atoms with Crippen molar-refractivity contribution in [2.45, 2.75) is 18.7 Å². The van der Waals surface area contributed by atoms with E-state index in [4.69, 9.17) is 0 Å². The fraction of sp³-hybridized carbons (Fsp3) is 0.375. The van der Waals surface area contributed by atoms with Gasteiger partial charge in [0.1, 0.15) is 0 Å². The summed E-state index contributed by atoms with van der Waals surface area (Å²) < 4.78 is 26.4. The molecule has 0 heterocycles. The minimum atomic E-state index is -3.68. The van der Waals surface area contributed by atoms with Crippen LogP contribution in [0.25, 0.3) is 0 Å². The number of hydrogen-bond acceptors (Lipinski definition) is 4. The first-order valence-corrected chi connectivity index (χ1v) is 9.02. The molecule has 132 valence electrons. The van der Waals surface area contributed by atoms with Gasteiger partial charge in [0.2, 0.25) is 15.9 Å². The molecular weight excluding hydrogens is 330 g/mol. The Bertz CT molecular complexity index is 699. The Morgan fingerprint density at radius 3 is 2.50 bits per heavy atom. The number of rotatable bonds is 9. The van der Waals surface area contributed by atoms with E-state index in [2.05, 4.69) is 21.9 Å². The monoisotopic (exact) mass is 353 g/mol. The second-order valence-corrected chi connectivity index (χ2v) is 7.14. The van der Waals surface area contributed by atoms with Crippen LogP contribution in [0.5, 0.6) is 0 Å². The number of carbonyl (C=O) groups excluding carboxylic acids is 2. The predicted molar refractivity (Wildman–Crippen MR) is 92.0 cm³/mol. The van der Waals surface area contributed by atoms with Gasteiger partial charge >= 0.3 is 0 Å². The number of benzene rings is 1. The first kappa shape index (κ1) is 19.9. The molecule has 1 rings (SSSR count). The molecule has 0 spiro atoms. The van der Waals surface area contributed by atoms with Crippen LogP contribution in [-0.2, 0) is 14.8 Å². The van der Waals surface area contributed by atoms with Gasteiger partial charge in [0.05, 0.1) is 4.90 Å². The standard InChI is InChI=1S/C16H23N3O4S/c1-4-8-19-24(22,23)14-7-5-6-13(11-14)16(21)18-10-9-17-15(20)12(2)3/h4-7,11-12,19H,1,8-10H2,2-3H3,(H,17,20)(H,18,21). The maximum atomic E-state index is 12.1. The van der Waals surface area contributed by atoms with Gasteiger partial charge in [0, 0.05) is 31.1 Å². The smallest absolute Gasteiger partial charge is 0.251 e. The lowest BCUT2D eigenvalue weighted by Crippen LogP contribution is -2.36. The van der Waals surface area contributed by atoms with Gasteiger partial charge in [-0.25, -0.2) is 13.1 Å². The lowest BCUT2D eigenvalue weighted by atomic mass is 10.2. The minimum absolute atomic E-state index is 0.00473. The Morgan fingerprint density at radius 2 is 1.88 bits per heavy atom. The Hall–Kier alpha value is -2.19. The lowest BCUT2D eigenvalue weighted by molar-refractivity contribution is -0.123. The van der Waals surface area contributed by atoms with Gasteiger partial charge in [-0.1, -0.05) is 26.0 Å². The molecule has 8 heteroatoms. The molecule has 0 bridgehead atoms. The summed E-state index contributed by atoms with van der Waals surface area (Å²) in [4.78, 5) is 23.5. The molecule has 7 nitrogen and oxygen atoms in total. The predicted octanol–water partition coefficient (Wildman–Crippen LogP) is 0.653. The quantitative estimate of drug-likeness (QED) is 0.448. The highest BCUT2D eigenvalue weighted by Gasteiger charge is 2.15. The number of sulfonamides is 1. The van der Waals surface area contributed by atoms with Crippen molar-refractivity contribution in [2.24, 2.45) is 5.92 Å². The van der Waals surface area contributed by atoms with Crippen molar-refractivity contribution >= 4 is 21.8 Å². The molecule has 1 aromatic carbocycles. The van der Waals surface area contributed by atoms with Crippen molar-refractivity contribution in [3.63, 3.8) is 0 Å². The van der Waals surface area contributed by atoms with E-state index >= 15 is 0 Å². The molecule has 2 amide bonds. The molecule has 0 aromatic heterocycles. The van der Waals surface area contributed by atoms with E-state index in [1.54, 1.807) is 13.8 Å². The van der Waals surface area contributed by atoms with Gasteiger partial charge in [0.15, 0.2) is 0 Å². The average molecular weight is 353 g/mol. The second-order valence-electron chi connectivity index (χ2n) is 5.37. The Balaban J connectivity index is 2.64. The maximum Gasteiger partial charge on any atom is 0.251 e. The van der Waals surface area contributed by atoms with Crippen LogP contribution < -0.4 is 15.4 Å². The molecule has 0 radical (unpaired) electrons. The topological polar surface area (TPSA) is 104 Å². The molecule has 1 aromatic rings. The van der Waals surface area contributed by atoms with Crippen molar-refractivity contribution in [3.8, 4) is 0 Å². The highest BCUT2D eigenvalue weighted by atomic mass is 32.2. The molecule has 0 fully saturated rings. The van der Waals surface area contributed by atoms with Gasteiger partial charge in [0.25, 0.3) is 5.91 Å². The van der Waals surface area contributed by atoms with Gasteiger partial charge in [-0.2, -0.15) is 0 Å². The Morgan fingerprint density at radius 1 is 1.21 bits per heavy atom. The van der Waals surface area contributed by atoms with Crippen LogP contribution in [0.4, 0.5) is 0 Å². The summed E-state index contributed by atoms with van der Waals surface area (Å²) in [6.45, 7) is 7.67. The largest absolute Gasteiger partial charge is 0.354 e. The number of nitrogens with one attached hydrogen (secondary N) is 3. The second kappa shape index (κ2) is 9.19. The van der Waals surface area contributed by atoms with Gasteiger partial charge in [-0.05, 0) is 18.2 Å². The molecular formula is C16H23N3O4S. The highest BCUT2D eigenvalue weighted by molar-refractivity contribution is 7.89. The summed E-state index contributed by atoms with van der Waals surface area (Å²) in [5.74, 6) is -0.620. The van der Waals surface area contributed by atoms with E-state index in [0.717, 1.165) is 0 Å².